The van der Waals surface area contributed by atoms with Gasteiger partial charge in [-0.15, -0.1) is 0 Å². The Morgan fingerprint density at radius 2 is 1.81 bits per heavy atom. The van der Waals surface area contributed by atoms with E-state index >= 15 is 0 Å². The monoisotopic (exact) mass is 356 g/mol. The third-order valence-corrected chi connectivity index (χ3v) is 4.66. The van der Waals surface area contributed by atoms with E-state index < -0.39 is 0 Å². The van der Waals surface area contributed by atoms with E-state index in [4.69, 9.17) is 9.15 Å². The van der Waals surface area contributed by atoms with Gasteiger partial charge in [0.15, 0.2) is 11.6 Å². The van der Waals surface area contributed by atoms with Crippen LogP contribution in [0, 0.1) is 19.7 Å². The first-order valence-electron chi connectivity index (χ1n) is 8.55. The summed E-state index contributed by atoms with van der Waals surface area (Å²) in [7, 11) is 3.47. The molecule has 4 nitrogen and oxygen atoms in total. The summed E-state index contributed by atoms with van der Waals surface area (Å²) in [6.45, 7) is 5.31. The molecule has 1 N–H and O–H groups in total. The fourth-order valence-corrected chi connectivity index (χ4v) is 3.19. The fraction of sp³-hybridized carbons (Fsp3) is 0.286. The highest BCUT2D eigenvalue weighted by Crippen LogP contribution is 2.21. The van der Waals surface area contributed by atoms with Crippen molar-refractivity contribution >= 4 is 11.0 Å². The maximum Gasteiger partial charge on any atom is 0.336 e. The summed E-state index contributed by atoms with van der Waals surface area (Å²) in [4.78, 5) is 13.1. The number of methoxy groups -OCH3 is 1. The van der Waals surface area contributed by atoms with Crippen LogP contribution in [0.4, 0.5) is 4.39 Å². The van der Waals surface area contributed by atoms with Crippen molar-refractivity contribution in [1.29, 1.82) is 0 Å². The number of halogens is 1. The van der Waals surface area contributed by atoms with E-state index in [2.05, 4.69) is 6.07 Å². The zero-order chi connectivity index (χ0) is 18.8. The molecule has 1 aromatic heterocycles. The normalized spacial score (nSPS) is 12.3. The van der Waals surface area contributed by atoms with Crippen LogP contribution in [0.1, 0.15) is 22.3 Å². The number of nitrogens with one attached hydrogen (secondary N) is 1. The lowest BCUT2D eigenvalue weighted by molar-refractivity contribution is -0.907. The molecule has 0 aliphatic heterocycles. The Morgan fingerprint density at radius 3 is 2.50 bits per heavy atom. The van der Waals surface area contributed by atoms with Gasteiger partial charge in [-0.1, -0.05) is 0 Å². The van der Waals surface area contributed by atoms with Gasteiger partial charge in [0.05, 0.1) is 14.2 Å². The number of rotatable bonds is 5. The number of hydrogen-bond donors (Lipinski definition) is 1. The molecule has 1 heterocycles. The molecule has 1 atom stereocenters. The van der Waals surface area contributed by atoms with Crippen molar-refractivity contribution in [3.8, 4) is 5.75 Å². The molecular formula is C21H23FNO3+. The average Bonchev–Trinajstić information content (AvgIpc) is 2.56. The summed E-state index contributed by atoms with van der Waals surface area (Å²) < 4.78 is 24.2. The van der Waals surface area contributed by atoms with Crippen molar-refractivity contribution in [2.24, 2.45) is 0 Å². The van der Waals surface area contributed by atoms with Gasteiger partial charge in [0.1, 0.15) is 18.7 Å². The largest absolute Gasteiger partial charge is 0.494 e. The van der Waals surface area contributed by atoms with Crippen molar-refractivity contribution in [3.63, 3.8) is 0 Å². The van der Waals surface area contributed by atoms with Crippen molar-refractivity contribution in [3.05, 3.63) is 74.9 Å². The minimum Gasteiger partial charge on any atom is -0.494 e. The lowest BCUT2D eigenvalue weighted by Crippen LogP contribution is -3.06. The molecule has 0 saturated heterocycles. The van der Waals surface area contributed by atoms with Crippen molar-refractivity contribution in [2.45, 2.75) is 26.9 Å². The third kappa shape index (κ3) is 3.78. The van der Waals surface area contributed by atoms with Crippen LogP contribution in [-0.4, -0.2) is 14.2 Å². The van der Waals surface area contributed by atoms with Gasteiger partial charge in [-0.2, -0.15) is 0 Å². The second-order valence-electron chi connectivity index (χ2n) is 6.80. The van der Waals surface area contributed by atoms with E-state index in [1.165, 1.54) is 13.2 Å². The predicted octanol–water partition coefficient (Wildman–Crippen LogP) is 2.77. The molecule has 0 amide bonds. The quantitative estimate of drug-likeness (QED) is 0.715. The number of aryl methyl sites for hydroxylation is 2. The first-order valence-corrected chi connectivity index (χ1v) is 8.55. The maximum atomic E-state index is 13.9. The van der Waals surface area contributed by atoms with Crippen LogP contribution in [0.5, 0.6) is 5.75 Å². The molecule has 0 aliphatic carbocycles. The van der Waals surface area contributed by atoms with Crippen molar-refractivity contribution < 1.29 is 18.4 Å². The summed E-state index contributed by atoms with van der Waals surface area (Å²) >= 11 is 0. The summed E-state index contributed by atoms with van der Waals surface area (Å²) in [5.41, 5.74) is 4.32. The molecule has 0 spiro atoms. The minimum absolute atomic E-state index is 0.240. The Balaban J connectivity index is 1.87. The average molecular weight is 356 g/mol. The van der Waals surface area contributed by atoms with Crippen LogP contribution in [0.3, 0.4) is 0 Å². The number of benzene rings is 2. The number of hydrogen-bond acceptors (Lipinski definition) is 3. The van der Waals surface area contributed by atoms with Crippen LogP contribution < -0.4 is 15.3 Å². The first-order chi connectivity index (χ1) is 12.4. The molecule has 0 radical (unpaired) electrons. The van der Waals surface area contributed by atoms with E-state index in [0.29, 0.717) is 18.7 Å². The predicted molar refractivity (Wildman–Crippen MR) is 99.2 cm³/mol. The lowest BCUT2D eigenvalue weighted by Gasteiger charge is -2.16. The summed E-state index contributed by atoms with van der Waals surface area (Å²) in [5.74, 6) is -0.126. The van der Waals surface area contributed by atoms with Crippen LogP contribution in [0.25, 0.3) is 11.0 Å². The van der Waals surface area contributed by atoms with E-state index in [1.54, 1.807) is 12.1 Å². The molecule has 3 rings (SSSR count). The standard InChI is InChI=1S/C21H22FNO3/c1-13-7-17-16(10-21(24)26-20(17)8-14(13)2)12-23(3)11-15-5-6-19(25-4)18(22)9-15/h5-10H,11-12H2,1-4H3/p+1. The van der Waals surface area contributed by atoms with E-state index in [0.717, 1.165) is 32.5 Å². The van der Waals surface area contributed by atoms with E-state index in [-0.39, 0.29) is 17.2 Å². The molecule has 2 aromatic carbocycles. The van der Waals surface area contributed by atoms with Gasteiger partial charge in [0, 0.05) is 22.6 Å². The molecule has 0 saturated carbocycles. The molecule has 0 aliphatic rings. The molecular weight excluding hydrogens is 333 g/mol. The number of ether oxygens (including phenoxy) is 1. The van der Waals surface area contributed by atoms with Crippen LogP contribution >= 0.6 is 0 Å². The minimum atomic E-state index is -0.366. The highest BCUT2D eigenvalue weighted by atomic mass is 19.1. The maximum absolute atomic E-state index is 13.9. The Morgan fingerprint density at radius 1 is 1.08 bits per heavy atom. The molecule has 136 valence electrons. The van der Waals surface area contributed by atoms with Gasteiger partial charge in [0.25, 0.3) is 0 Å². The molecule has 5 heteroatoms. The molecule has 0 bridgehead atoms. The SMILES string of the molecule is COc1ccc(C[NH+](C)Cc2cc(=O)oc3cc(C)c(C)cc23)cc1F. The zero-order valence-corrected chi connectivity index (χ0v) is 15.5. The summed E-state index contributed by atoms with van der Waals surface area (Å²) in [6, 6.07) is 10.5. The molecule has 3 aromatic rings. The van der Waals surface area contributed by atoms with E-state index in [9.17, 15) is 9.18 Å². The summed E-state index contributed by atoms with van der Waals surface area (Å²) in [6.07, 6.45) is 0. The highest BCUT2D eigenvalue weighted by molar-refractivity contribution is 5.81. The third-order valence-electron chi connectivity index (χ3n) is 4.66. The van der Waals surface area contributed by atoms with Gasteiger partial charge >= 0.3 is 5.63 Å². The van der Waals surface area contributed by atoms with Crippen LogP contribution in [0.2, 0.25) is 0 Å². The molecule has 1 unspecified atom stereocenters. The fourth-order valence-electron chi connectivity index (χ4n) is 3.19. The van der Waals surface area contributed by atoms with E-state index in [1.807, 2.05) is 33.0 Å². The van der Waals surface area contributed by atoms with Crippen molar-refractivity contribution in [2.75, 3.05) is 14.2 Å². The second kappa shape index (κ2) is 7.30. The van der Waals surface area contributed by atoms with Gasteiger partial charge < -0.3 is 14.1 Å². The number of fused-ring (bicyclic) bond motifs is 1. The first kappa shape index (κ1) is 18.1. The van der Waals surface area contributed by atoms with Crippen molar-refractivity contribution in [1.82, 2.24) is 0 Å². The Hall–Kier alpha value is -2.66. The smallest absolute Gasteiger partial charge is 0.336 e. The topological polar surface area (TPSA) is 43.9 Å². The van der Waals surface area contributed by atoms with Gasteiger partial charge in [0.2, 0.25) is 0 Å². The zero-order valence-electron chi connectivity index (χ0n) is 15.5. The van der Waals surface area contributed by atoms with Gasteiger partial charge in [-0.25, -0.2) is 9.18 Å². The summed E-state index contributed by atoms with van der Waals surface area (Å²) in [5, 5.41) is 0.952. The second-order valence-corrected chi connectivity index (χ2v) is 6.80. The Labute approximate surface area is 151 Å². The lowest BCUT2D eigenvalue weighted by atomic mass is 10.0. The Bertz CT molecular complexity index is 1010. The van der Waals surface area contributed by atoms with Crippen LogP contribution in [0.15, 0.2) is 45.6 Å². The number of quaternary nitrogens is 1. The molecule has 26 heavy (non-hydrogen) atoms. The highest BCUT2D eigenvalue weighted by Gasteiger charge is 2.13. The van der Waals surface area contributed by atoms with Crippen LogP contribution in [-0.2, 0) is 13.1 Å². The molecule has 0 fully saturated rings. The Kier molecular flexibility index (Phi) is 5.09. The van der Waals surface area contributed by atoms with Gasteiger partial charge in [-0.05, 0) is 55.3 Å². The van der Waals surface area contributed by atoms with Gasteiger partial charge in [-0.3, -0.25) is 0 Å².